The minimum Gasteiger partial charge on any atom is -0.455 e. The van der Waals surface area contributed by atoms with E-state index in [-0.39, 0.29) is 5.97 Å². The Balaban J connectivity index is 2.27. The molecule has 0 amide bonds. The number of nitrogens with one attached hydrogen (secondary N) is 1. The van der Waals surface area contributed by atoms with Gasteiger partial charge < -0.3 is 14.5 Å². The highest BCUT2D eigenvalue weighted by Crippen LogP contribution is 2.24. The Kier molecular flexibility index (Phi) is 3.00. The van der Waals surface area contributed by atoms with Gasteiger partial charge in [0.2, 0.25) is 0 Å². The second kappa shape index (κ2) is 4.18. The number of esters is 1. The van der Waals surface area contributed by atoms with E-state index in [1.54, 1.807) is 0 Å². The van der Waals surface area contributed by atoms with Crippen LogP contribution in [0.4, 0.5) is 0 Å². The minimum atomic E-state index is -0.467. The number of fused-ring (bicyclic) bond motifs is 1. The largest absolute Gasteiger partial charge is 0.455 e. The molecule has 0 saturated carbocycles. The van der Waals surface area contributed by atoms with Gasteiger partial charge in [0.25, 0.3) is 0 Å². The monoisotopic (exact) mass is 237 g/mol. The van der Waals surface area contributed by atoms with E-state index in [0.29, 0.717) is 18.9 Å². The number of hydrogen-bond donors (Lipinski definition) is 1. The lowest BCUT2D eigenvalue weighted by Gasteiger charge is -2.19. The predicted molar refractivity (Wildman–Crippen MR) is 64.1 cm³/mol. The number of aromatic nitrogens is 1. The van der Waals surface area contributed by atoms with Crippen LogP contribution < -0.4 is 0 Å². The van der Waals surface area contributed by atoms with Gasteiger partial charge in [-0.15, -0.1) is 0 Å². The first-order chi connectivity index (χ1) is 7.88. The minimum absolute atomic E-state index is 0.288. The fourth-order valence-electron chi connectivity index (χ4n) is 1.99. The molecule has 4 nitrogen and oxygen atoms in total. The number of aromatic amines is 1. The maximum absolute atomic E-state index is 12.0. The molecule has 1 aliphatic heterocycles. The first-order valence-electron chi connectivity index (χ1n) is 5.90. The van der Waals surface area contributed by atoms with Crippen LogP contribution in [-0.4, -0.2) is 23.2 Å². The molecule has 4 heteroatoms. The molecular formula is C13H19NO3. The van der Waals surface area contributed by atoms with Crippen LogP contribution in [0, 0.1) is 6.92 Å². The van der Waals surface area contributed by atoms with Gasteiger partial charge in [-0.3, -0.25) is 0 Å². The van der Waals surface area contributed by atoms with Crippen molar-refractivity contribution in [3.63, 3.8) is 0 Å². The topological polar surface area (TPSA) is 51.3 Å². The summed E-state index contributed by atoms with van der Waals surface area (Å²) < 4.78 is 10.8. The van der Waals surface area contributed by atoms with Crippen LogP contribution >= 0.6 is 0 Å². The quantitative estimate of drug-likeness (QED) is 0.763. The van der Waals surface area contributed by atoms with Crippen LogP contribution in [0.5, 0.6) is 0 Å². The second-order valence-electron chi connectivity index (χ2n) is 5.39. The number of hydrogen-bond acceptors (Lipinski definition) is 3. The van der Waals surface area contributed by atoms with Crippen molar-refractivity contribution < 1.29 is 14.3 Å². The Morgan fingerprint density at radius 3 is 2.71 bits per heavy atom. The molecular weight excluding hydrogens is 218 g/mol. The van der Waals surface area contributed by atoms with Crippen molar-refractivity contribution in [2.75, 3.05) is 6.61 Å². The lowest BCUT2D eigenvalue weighted by atomic mass is 10.1. The van der Waals surface area contributed by atoms with E-state index in [0.717, 1.165) is 23.2 Å². The summed E-state index contributed by atoms with van der Waals surface area (Å²) in [5, 5.41) is 0. The lowest BCUT2D eigenvalue weighted by molar-refractivity contribution is 0.00626. The third-order valence-electron chi connectivity index (χ3n) is 2.81. The molecule has 0 aliphatic carbocycles. The van der Waals surface area contributed by atoms with E-state index in [1.807, 2.05) is 27.7 Å². The Labute approximate surface area is 101 Å². The summed E-state index contributed by atoms with van der Waals surface area (Å²) in [6, 6.07) is 0. The molecule has 94 valence electrons. The number of carbonyl (C=O) groups excluding carboxylic acids is 1. The molecule has 0 unspecified atom stereocenters. The highest BCUT2D eigenvalue weighted by Gasteiger charge is 2.25. The molecule has 1 aliphatic rings. The zero-order valence-electron chi connectivity index (χ0n) is 10.8. The third-order valence-corrected chi connectivity index (χ3v) is 2.81. The summed E-state index contributed by atoms with van der Waals surface area (Å²) in [5.41, 5.74) is 3.27. The molecule has 1 aromatic rings. The zero-order valence-corrected chi connectivity index (χ0v) is 10.8. The first-order valence-corrected chi connectivity index (χ1v) is 5.90. The van der Waals surface area contributed by atoms with Crippen LogP contribution in [0.15, 0.2) is 0 Å². The van der Waals surface area contributed by atoms with E-state index >= 15 is 0 Å². The summed E-state index contributed by atoms with van der Waals surface area (Å²) in [4.78, 5) is 15.2. The fraction of sp³-hybridized carbons (Fsp3) is 0.615. The number of carbonyl (C=O) groups is 1. The maximum Gasteiger partial charge on any atom is 0.355 e. The van der Waals surface area contributed by atoms with Crippen LogP contribution in [-0.2, 0) is 22.5 Å². The SMILES string of the molecule is Cc1c(C(=O)OC(C)(C)C)[nH]c2c1COCC2. The van der Waals surface area contributed by atoms with Gasteiger partial charge in [0.05, 0.1) is 13.2 Å². The van der Waals surface area contributed by atoms with Crippen LogP contribution in [0.25, 0.3) is 0 Å². The maximum atomic E-state index is 12.0. The van der Waals surface area contributed by atoms with Crippen molar-refractivity contribution in [3.05, 3.63) is 22.5 Å². The third kappa shape index (κ3) is 2.52. The molecule has 0 saturated heterocycles. The van der Waals surface area contributed by atoms with Crippen LogP contribution in [0.2, 0.25) is 0 Å². The Hall–Kier alpha value is -1.29. The van der Waals surface area contributed by atoms with E-state index in [2.05, 4.69) is 4.98 Å². The van der Waals surface area contributed by atoms with Crippen molar-refractivity contribution in [1.29, 1.82) is 0 Å². The first kappa shape index (κ1) is 12.2. The van der Waals surface area contributed by atoms with Gasteiger partial charge in [0, 0.05) is 17.7 Å². The van der Waals surface area contributed by atoms with Gasteiger partial charge in [-0.25, -0.2) is 4.79 Å². The standard InChI is InChI=1S/C13H19NO3/c1-8-9-7-16-6-5-10(9)14-11(8)12(15)17-13(2,3)4/h14H,5-7H2,1-4H3. The van der Waals surface area contributed by atoms with Gasteiger partial charge in [0.1, 0.15) is 11.3 Å². The molecule has 0 fully saturated rings. The Morgan fingerprint density at radius 1 is 1.41 bits per heavy atom. The zero-order chi connectivity index (χ0) is 12.6. The average molecular weight is 237 g/mol. The van der Waals surface area contributed by atoms with Crippen molar-refractivity contribution in [2.45, 2.75) is 46.3 Å². The van der Waals surface area contributed by atoms with Gasteiger partial charge in [0.15, 0.2) is 0 Å². The van der Waals surface area contributed by atoms with E-state index in [4.69, 9.17) is 9.47 Å². The number of rotatable bonds is 1. The second-order valence-corrected chi connectivity index (χ2v) is 5.39. The van der Waals surface area contributed by atoms with E-state index in [1.165, 1.54) is 0 Å². The molecule has 1 aromatic heterocycles. The highest BCUT2D eigenvalue weighted by atomic mass is 16.6. The van der Waals surface area contributed by atoms with E-state index in [9.17, 15) is 4.79 Å². The average Bonchev–Trinajstić information content (AvgIpc) is 2.55. The molecule has 2 heterocycles. The van der Waals surface area contributed by atoms with Crippen LogP contribution in [0.3, 0.4) is 0 Å². The summed E-state index contributed by atoms with van der Waals surface area (Å²) in [5.74, 6) is -0.288. The molecule has 0 radical (unpaired) electrons. The van der Waals surface area contributed by atoms with Gasteiger partial charge in [-0.2, -0.15) is 0 Å². The molecule has 0 atom stereocenters. The van der Waals surface area contributed by atoms with Crippen LogP contribution in [0.1, 0.15) is 48.1 Å². The Morgan fingerprint density at radius 2 is 2.12 bits per heavy atom. The van der Waals surface area contributed by atoms with E-state index < -0.39 is 5.60 Å². The van der Waals surface area contributed by atoms with Gasteiger partial charge in [-0.05, 0) is 33.3 Å². The molecule has 0 aromatic carbocycles. The summed E-state index contributed by atoms with van der Waals surface area (Å²) in [6.07, 6.45) is 0.832. The molecule has 0 bridgehead atoms. The van der Waals surface area contributed by atoms with Gasteiger partial charge in [-0.1, -0.05) is 0 Å². The summed E-state index contributed by atoms with van der Waals surface area (Å²) in [6.45, 7) is 8.83. The predicted octanol–water partition coefficient (Wildman–Crippen LogP) is 2.35. The summed E-state index contributed by atoms with van der Waals surface area (Å²) >= 11 is 0. The van der Waals surface area contributed by atoms with Crippen molar-refractivity contribution in [3.8, 4) is 0 Å². The Bertz CT molecular complexity index is 440. The molecule has 1 N–H and O–H groups in total. The number of ether oxygens (including phenoxy) is 2. The number of H-pyrrole nitrogens is 1. The molecule has 0 spiro atoms. The summed E-state index contributed by atoms with van der Waals surface area (Å²) in [7, 11) is 0. The highest BCUT2D eigenvalue weighted by molar-refractivity contribution is 5.90. The normalized spacial score (nSPS) is 15.5. The molecule has 17 heavy (non-hydrogen) atoms. The molecule has 2 rings (SSSR count). The van der Waals surface area contributed by atoms with Gasteiger partial charge >= 0.3 is 5.97 Å². The van der Waals surface area contributed by atoms with Crippen molar-refractivity contribution in [2.24, 2.45) is 0 Å². The lowest BCUT2D eigenvalue weighted by Crippen LogP contribution is -2.24. The smallest absolute Gasteiger partial charge is 0.355 e. The fourth-order valence-corrected chi connectivity index (χ4v) is 1.99. The van der Waals surface area contributed by atoms with Crippen molar-refractivity contribution in [1.82, 2.24) is 4.98 Å². The van der Waals surface area contributed by atoms with Crippen molar-refractivity contribution >= 4 is 5.97 Å².